The van der Waals surface area contributed by atoms with Crippen LogP contribution >= 0.6 is 0 Å². The predicted molar refractivity (Wildman–Crippen MR) is 94.2 cm³/mol. The van der Waals surface area contributed by atoms with Gasteiger partial charge in [0.05, 0.1) is 29.9 Å². The van der Waals surface area contributed by atoms with Gasteiger partial charge in [-0.25, -0.2) is 9.69 Å². The summed E-state index contributed by atoms with van der Waals surface area (Å²) in [5.41, 5.74) is -0.110. The summed E-state index contributed by atoms with van der Waals surface area (Å²) in [4.78, 5) is 49.7. The monoisotopic (exact) mass is 361 g/mol. The summed E-state index contributed by atoms with van der Waals surface area (Å²) in [5.74, 6) is -2.14. The first-order valence-corrected chi connectivity index (χ1v) is 8.69. The number of Topliss-reactive ketones (excluding diaryl/α,β-unsaturated/α-hetero) is 1. The van der Waals surface area contributed by atoms with E-state index in [9.17, 15) is 19.2 Å². The van der Waals surface area contributed by atoms with Gasteiger partial charge in [-0.2, -0.15) is 0 Å². The SMILES string of the molecule is CCCC(C)(C(=O)OCC)c1ccc2c(c1)C(=O)C(=O)N2C(=O)OCC. The van der Waals surface area contributed by atoms with E-state index in [1.54, 1.807) is 26.8 Å². The van der Waals surface area contributed by atoms with Crippen molar-refractivity contribution in [1.29, 1.82) is 0 Å². The van der Waals surface area contributed by atoms with Crippen molar-refractivity contribution in [3.8, 4) is 0 Å². The number of nitrogens with zero attached hydrogens (tertiary/aromatic N) is 1. The minimum atomic E-state index is -0.955. The van der Waals surface area contributed by atoms with E-state index in [2.05, 4.69) is 0 Å². The molecule has 0 bridgehead atoms. The van der Waals surface area contributed by atoms with Gasteiger partial charge in [-0.05, 0) is 44.9 Å². The Bertz CT molecular complexity index is 756. The van der Waals surface area contributed by atoms with Gasteiger partial charge in [0.25, 0.3) is 5.78 Å². The number of imide groups is 1. The molecule has 1 aliphatic heterocycles. The van der Waals surface area contributed by atoms with Crippen molar-refractivity contribution in [3.05, 3.63) is 29.3 Å². The topological polar surface area (TPSA) is 90.0 Å². The van der Waals surface area contributed by atoms with E-state index >= 15 is 0 Å². The third kappa shape index (κ3) is 3.21. The molecule has 0 saturated carbocycles. The van der Waals surface area contributed by atoms with Gasteiger partial charge < -0.3 is 9.47 Å². The second-order valence-corrected chi connectivity index (χ2v) is 6.20. The molecule has 1 aliphatic rings. The Labute approximate surface area is 152 Å². The fourth-order valence-electron chi connectivity index (χ4n) is 3.11. The molecular formula is C19H23NO6. The Morgan fingerprint density at radius 3 is 2.31 bits per heavy atom. The first kappa shape index (κ1) is 19.6. The number of ether oxygens (including phenoxy) is 2. The lowest BCUT2D eigenvalue weighted by molar-refractivity contribution is -0.149. The summed E-state index contributed by atoms with van der Waals surface area (Å²) in [6, 6.07) is 4.64. The van der Waals surface area contributed by atoms with E-state index in [1.165, 1.54) is 12.1 Å². The molecule has 2 rings (SSSR count). The molecule has 2 amide bonds. The number of rotatable bonds is 6. The minimum Gasteiger partial charge on any atom is -0.465 e. The van der Waals surface area contributed by atoms with E-state index in [1.807, 2.05) is 6.92 Å². The van der Waals surface area contributed by atoms with E-state index < -0.39 is 23.2 Å². The molecule has 7 nitrogen and oxygen atoms in total. The average molecular weight is 361 g/mol. The Kier molecular flexibility index (Phi) is 5.79. The fraction of sp³-hybridized carbons (Fsp3) is 0.474. The molecule has 0 aromatic heterocycles. The van der Waals surface area contributed by atoms with Crippen molar-refractivity contribution < 1.29 is 28.7 Å². The van der Waals surface area contributed by atoms with Crippen LogP contribution in [0.5, 0.6) is 0 Å². The van der Waals surface area contributed by atoms with Gasteiger partial charge in [-0.1, -0.05) is 19.4 Å². The molecule has 26 heavy (non-hydrogen) atoms. The van der Waals surface area contributed by atoms with Gasteiger partial charge in [-0.15, -0.1) is 0 Å². The van der Waals surface area contributed by atoms with E-state index in [0.29, 0.717) is 12.0 Å². The quantitative estimate of drug-likeness (QED) is 0.571. The first-order valence-electron chi connectivity index (χ1n) is 8.69. The number of benzene rings is 1. The van der Waals surface area contributed by atoms with Crippen LogP contribution in [0.15, 0.2) is 18.2 Å². The number of esters is 1. The summed E-state index contributed by atoms with van der Waals surface area (Å²) >= 11 is 0. The highest BCUT2D eigenvalue weighted by atomic mass is 16.6. The molecule has 0 saturated heterocycles. The van der Waals surface area contributed by atoms with Crippen LogP contribution in [0.4, 0.5) is 10.5 Å². The van der Waals surface area contributed by atoms with Crippen LogP contribution in [-0.2, 0) is 24.5 Å². The van der Waals surface area contributed by atoms with Crippen LogP contribution in [-0.4, -0.2) is 37.0 Å². The molecule has 7 heteroatoms. The van der Waals surface area contributed by atoms with Crippen LogP contribution in [0.2, 0.25) is 0 Å². The lowest BCUT2D eigenvalue weighted by Gasteiger charge is -2.28. The number of anilines is 1. The molecule has 1 unspecified atom stereocenters. The van der Waals surface area contributed by atoms with Crippen LogP contribution in [0.3, 0.4) is 0 Å². The van der Waals surface area contributed by atoms with Crippen molar-refractivity contribution in [2.75, 3.05) is 18.1 Å². The number of amides is 2. The first-order chi connectivity index (χ1) is 12.3. The zero-order valence-corrected chi connectivity index (χ0v) is 15.5. The summed E-state index contributed by atoms with van der Waals surface area (Å²) < 4.78 is 10.0. The van der Waals surface area contributed by atoms with Crippen LogP contribution in [0, 0.1) is 0 Å². The Balaban J connectivity index is 2.51. The van der Waals surface area contributed by atoms with Gasteiger partial charge in [0.1, 0.15) is 0 Å². The van der Waals surface area contributed by atoms with E-state index in [4.69, 9.17) is 9.47 Å². The highest BCUT2D eigenvalue weighted by molar-refractivity contribution is 6.55. The van der Waals surface area contributed by atoms with Crippen molar-refractivity contribution in [3.63, 3.8) is 0 Å². The van der Waals surface area contributed by atoms with Gasteiger partial charge in [0.2, 0.25) is 0 Å². The normalized spacial score (nSPS) is 15.5. The molecule has 1 aromatic carbocycles. The van der Waals surface area contributed by atoms with E-state index in [-0.39, 0.29) is 30.4 Å². The largest absolute Gasteiger partial charge is 0.465 e. The van der Waals surface area contributed by atoms with Crippen LogP contribution in [0.25, 0.3) is 0 Å². The average Bonchev–Trinajstić information content (AvgIpc) is 2.86. The lowest BCUT2D eigenvalue weighted by atomic mass is 9.78. The summed E-state index contributed by atoms with van der Waals surface area (Å²) in [7, 11) is 0. The number of carbonyl (C=O) groups is 4. The van der Waals surface area contributed by atoms with Gasteiger partial charge in [0, 0.05) is 0 Å². The molecule has 1 atom stereocenters. The predicted octanol–water partition coefficient (Wildman–Crippen LogP) is 2.99. The molecule has 0 N–H and O–H groups in total. The summed E-state index contributed by atoms with van der Waals surface area (Å²) in [5, 5.41) is 0. The van der Waals surface area contributed by atoms with Gasteiger partial charge in [-0.3, -0.25) is 14.4 Å². The number of fused-ring (bicyclic) bond motifs is 1. The fourth-order valence-corrected chi connectivity index (χ4v) is 3.11. The lowest BCUT2D eigenvalue weighted by Crippen LogP contribution is -2.36. The maximum absolute atomic E-state index is 12.5. The number of carbonyl (C=O) groups excluding carboxylic acids is 4. The highest BCUT2D eigenvalue weighted by Crippen LogP contribution is 2.37. The van der Waals surface area contributed by atoms with Crippen molar-refractivity contribution in [2.24, 2.45) is 0 Å². The Morgan fingerprint density at radius 1 is 1.08 bits per heavy atom. The van der Waals surface area contributed by atoms with Gasteiger partial charge in [0.15, 0.2) is 0 Å². The Morgan fingerprint density at radius 2 is 1.73 bits per heavy atom. The standard InChI is InChI=1S/C19H23NO6/c1-5-10-19(4,17(23)25-6-2)12-8-9-14-13(11-12)15(21)16(22)20(14)18(24)26-7-3/h8-9,11H,5-7,10H2,1-4H3. The molecule has 0 spiro atoms. The second kappa shape index (κ2) is 7.68. The van der Waals surface area contributed by atoms with Crippen molar-refractivity contribution in [1.82, 2.24) is 0 Å². The number of hydrogen-bond donors (Lipinski definition) is 0. The number of hydrogen-bond acceptors (Lipinski definition) is 6. The second-order valence-electron chi connectivity index (χ2n) is 6.20. The van der Waals surface area contributed by atoms with Crippen LogP contribution in [0.1, 0.15) is 56.5 Å². The molecule has 140 valence electrons. The zero-order valence-electron chi connectivity index (χ0n) is 15.5. The van der Waals surface area contributed by atoms with Crippen molar-refractivity contribution in [2.45, 2.75) is 46.0 Å². The summed E-state index contributed by atoms with van der Waals surface area (Å²) in [6.45, 7) is 7.37. The highest BCUT2D eigenvalue weighted by Gasteiger charge is 2.43. The molecule has 0 aliphatic carbocycles. The van der Waals surface area contributed by atoms with Gasteiger partial charge >= 0.3 is 18.0 Å². The maximum Gasteiger partial charge on any atom is 0.421 e. The molecular weight excluding hydrogens is 338 g/mol. The number of ketones is 1. The third-order valence-corrected chi connectivity index (χ3v) is 4.44. The van der Waals surface area contributed by atoms with Crippen molar-refractivity contribution >= 4 is 29.4 Å². The molecule has 0 fully saturated rings. The maximum atomic E-state index is 12.5. The summed E-state index contributed by atoms with van der Waals surface area (Å²) in [6.07, 6.45) is 0.363. The Hall–Kier alpha value is -2.70. The third-order valence-electron chi connectivity index (χ3n) is 4.44. The zero-order chi connectivity index (χ0) is 19.5. The minimum absolute atomic E-state index is 0.0850. The van der Waals surface area contributed by atoms with Crippen LogP contribution < -0.4 is 4.90 Å². The van der Waals surface area contributed by atoms with E-state index in [0.717, 1.165) is 11.3 Å². The molecule has 1 aromatic rings. The molecule has 0 radical (unpaired) electrons. The molecule has 1 heterocycles. The smallest absolute Gasteiger partial charge is 0.421 e.